The van der Waals surface area contributed by atoms with E-state index in [1.807, 2.05) is 19.1 Å². The molecule has 28 heavy (non-hydrogen) atoms. The largest absolute Gasteiger partial charge is 0.497 e. The Morgan fingerprint density at radius 1 is 0.929 bits per heavy atom. The van der Waals surface area contributed by atoms with Crippen LogP contribution in [-0.4, -0.2) is 13.7 Å². The van der Waals surface area contributed by atoms with Crippen LogP contribution in [0.15, 0.2) is 66.7 Å². The molecule has 0 atom stereocenters. The summed E-state index contributed by atoms with van der Waals surface area (Å²) < 4.78 is 54.6. The van der Waals surface area contributed by atoms with E-state index in [1.54, 1.807) is 12.1 Å². The standard InChI is InChI=1S/C23H19F3O2/c1-3-4-13-28-18-10-12-19-16(14-18)7-11-20(22(19)25)23(26)21(24)15-5-8-17(27-2)9-6-15/h3-12,14H,13H2,1-2H3. The second-order valence-corrected chi connectivity index (χ2v) is 6.05. The lowest BCUT2D eigenvalue weighted by Gasteiger charge is -2.09. The first-order valence-electron chi connectivity index (χ1n) is 8.71. The Morgan fingerprint density at radius 2 is 1.64 bits per heavy atom. The van der Waals surface area contributed by atoms with Crippen LogP contribution in [0.4, 0.5) is 13.2 Å². The van der Waals surface area contributed by atoms with Crippen LogP contribution < -0.4 is 9.47 Å². The van der Waals surface area contributed by atoms with E-state index in [9.17, 15) is 13.2 Å². The Labute approximate surface area is 161 Å². The molecule has 0 aliphatic rings. The van der Waals surface area contributed by atoms with Crippen LogP contribution in [0.1, 0.15) is 18.1 Å². The highest BCUT2D eigenvalue weighted by atomic mass is 19.2. The second kappa shape index (κ2) is 8.65. The van der Waals surface area contributed by atoms with Gasteiger partial charge in [-0.3, -0.25) is 0 Å². The summed E-state index contributed by atoms with van der Waals surface area (Å²) in [6.07, 6.45) is 3.70. The molecule has 0 fully saturated rings. The van der Waals surface area contributed by atoms with Crippen molar-refractivity contribution in [3.8, 4) is 11.5 Å². The molecule has 0 N–H and O–H groups in total. The molecular weight excluding hydrogens is 365 g/mol. The predicted octanol–water partition coefficient (Wildman–Crippen LogP) is 6.71. The average molecular weight is 384 g/mol. The van der Waals surface area contributed by atoms with Gasteiger partial charge in [0, 0.05) is 16.5 Å². The van der Waals surface area contributed by atoms with Crippen LogP contribution in [0.2, 0.25) is 0 Å². The zero-order valence-corrected chi connectivity index (χ0v) is 15.5. The third-order valence-electron chi connectivity index (χ3n) is 4.28. The summed E-state index contributed by atoms with van der Waals surface area (Å²) >= 11 is 0. The van der Waals surface area contributed by atoms with Crippen molar-refractivity contribution in [2.75, 3.05) is 13.7 Å². The van der Waals surface area contributed by atoms with E-state index in [1.165, 1.54) is 49.6 Å². The van der Waals surface area contributed by atoms with Crippen molar-refractivity contribution in [1.82, 2.24) is 0 Å². The first-order chi connectivity index (χ1) is 13.5. The van der Waals surface area contributed by atoms with Crippen LogP contribution in [0.5, 0.6) is 11.5 Å². The molecule has 3 aromatic rings. The molecule has 144 valence electrons. The normalized spacial score (nSPS) is 12.3. The minimum Gasteiger partial charge on any atom is -0.497 e. The number of methoxy groups -OCH3 is 1. The number of ether oxygens (including phenoxy) is 2. The summed E-state index contributed by atoms with van der Waals surface area (Å²) in [6, 6.07) is 13.3. The fourth-order valence-electron chi connectivity index (χ4n) is 2.75. The average Bonchev–Trinajstić information content (AvgIpc) is 2.73. The van der Waals surface area contributed by atoms with Crippen molar-refractivity contribution in [3.63, 3.8) is 0 Å². The molecule has 0 aliphatic carbocycles. The van der Waals surface area contributed by atoms with Gasteiger partial charge in [-0.2, -0.15) is 0 Å². The van der Waals surface area contributed by atoms with Crippen LogP contribution in [-0.2, 0) is 0 Å². The van der Waals surface area contributed by atoms with Crippen LogP contribution >= 0.6 is 0 Å². The molecule has 0 saturated carbocycles. The molecule has 0 radical (unpaired) electrons. The summed E-state index contributed by atoms with van der Waals surface area (Å²) in [5.74, 6) is -2.12. The van der Waals surface area contributed by atoms with Crippen molar-refractivity contribution in [1.29, 1.82) is 0 Å². The highest BCUT2D eigenvalue weighted by molar-refractivity contribution is 5.91. The molecular formula is C23H19F3O2. The Kier molecular flexibility index (Phi) is 6.04. The van der Waals surface area contributed by atoms with Gasteiger partial charge in [-0.15, -0.1) is 0 Å². The maximum atomic E-state index is 14.8. The van der Waals surface area contributed by atoms with E-state index in [-0.39, 0.29) is 10.9 Å². The Hall–Kier alpha value is -3.21. The number of benzene rings is 3. The quantitative estimate of drug-likeness (QED) is 0.347. The smallest absolute Gasteiger partial charge is 0.169 e. The molecule has 3 rings (SSSR count). The van der Waals surface area contributed by atoms with Crippen LogP contribution in [0, 0.1) is 5.82 Å². The van der Waals surface area contributed by atoms with E-state index in [2.05, 4.69) is 0 Å². The van der Waals surface area contributed by atoms with E-state index in [0.29, 0.717) is 23.5 Å². The maximum absolute atomic E-state index is 14.8. The number of rotatable bonds is 6. The molecule has 0 unspecified atom stereocenters. The molecule has 0 aliphatic heterocycles. The Bertz CT molecular complexity index is 1040. The predicted molar refractivity (Wildman–Crippen MR) is 106 cm³/mol. The second-order valence-electron chi connectivity index (χ2n) is 6.05. The summed E-state index contributed by atoms with van der Waals surface area (Å²) in [6.45, 7) is 2.28. The van der Waals surface area contributed by atoms with Gasteiger partial charge in [-0.25, -0.2) is 13.2 Å². The van der Waals surface area contributed by atoms with Crippen molar-refractivity contribution < 1.29 is 22.6 Å². The third kappa shape index (κ3) is 4.03. The van der Waals surface area contributed by atoms with Gasteiger partial charge in [0.05, 0.1) is 7.11 Å². The van der Waals surface area contributed by atoms with Crippen molar-refractivity contribution in [2.24, 2.45) is 0 Å². The van der Waals surface area contributed by atoms with Crippen LogP contribution in [0.3, 0.4) is 0 Å². The molecule has 2 nitrogen and oxygen atoms in total. The SMILES string of the molecule is CC=CCOc1ccc2c(F)c(C(F)=C(F)c3ccc(OC)cc3)ccc2c1. The van der Waals surface area contributed by atoms with Crippen LogP contribution in [0.25, 0.3) is 22.4 Å². The molecule has 0 spiro atoms. The first-order valence-corrected chi connectivity index (χ1v) is 8.71. The van der Waals surface area contributed by atoms with E-state index in [4.69, 9.17) is 9.47 Å². The summed E-state index contributed by atoms with van der Waals surface area (Å²) in [5, 5.41) is 0.727. The maximum Gasteiger partial charge on any atom is 0.169 e. The summed E-state index contributed by atoms with van der Waals surface area (Å²) in [4.78, 5) is 0. The monoisotopic (exact) mass is 384 g/mol. The Morgan fingerprint density at radius 3 is 2.32 bits per heavy atom. The topological polar surface area (TPSA) is 18.5 Å². The summed E-state index contributed by atoms with van der Waals surface area (Å²) in [5.41, 5.74) is -0.422. The molecule has 0 bridgehead atoms. The van der Waals surface area contributed by atoms with Gasteiger partial charge in [0.2, 0.25) is 0 Å². The third-order valence-corrected chi connectivity index (χ3v) is 4.28. The molecule has 5 heteroatoms. The van der Waals surface area contributed by atoms with E-state index in [0.717, 1.165) is 0 Å². The first kappa shape index (κ1) is 19.5. The van der Waals surface area contributed by atoms with Crippen molar-refractivity contribution >= 4 is 22.4 Å². The zero-order chi connectivity index (χ0) is 20.1. The molecule has 0 heterocycles. The lowest BCUT2D eigenvalue weighted by molar-refractivity contribution is 0.363. The lowest BCUT2D eigenvalue weighted by atomic mass is 10.0. The zero-order valence-electron chi connectivity index (χ0n) is 15.5. The Balaban J connectivity index is 1.97. The molecule has 0 saturated heterocycles. The fourth-order valence-corrected chi connectivity index (χ4v) is 2.75. The van der Waals surface area contributed by atoms with Gasteiger partial charge in [0.25, 0.3) is 0 Å². The van der Waals surface area contributed by atoms with E-state index < -0.39 is 23.0 Å². The minimum atomic E-state index is -1.25. The number of halogens is 3. The van der Waals surface area contributed by atoms with Gasteiger partial charge in [-0.05, 0) is 60.8 Å². The van der Waals surface area contributed by atoms with Gasteiger partial charge in [-0.1, -0.05) is 18.2 Å². The number of hydrogen-bond donors (Lipinski definition) is 0. The molecule has 0 aromatic heterocycles. The summed E-state index contributed by atoms with van der Waals surface area (Å²) in [7, 11) is 1.48. The van der Waals surface area contributed by atoms with Gasteiger partial charge in [0.1, 0.15) is 23.9 Å². The number of hydrogen-bond acceptors (Lipinski definition) is 2. The van der Waals surface area contributed by atoms with Crippen molar-refractivity contribution in [3.05, 3.63) is 83.7 Å². The molecule has 0 amide bonds. The highest BCUT2D eigenvalue weighted by Crippen LogP contribution is 2.34. The minimum absolute atomic E-state index is 0.00511. The number of fused-ring (bicyclic) bond motifs is 1. The fraction of sp³-hybridized carbons (Fsp3) is 0.130. The van der Waals surface area contributed by atoms with Gasteiger partial charge >= 0.3 is 0 Å². The van der Waals surface area contributed by atoms with Gasteiger partial charge in [0.15, 0.2) is 11.7 Å². The molecule has 3 aromatic carbocycles. The van der Waals surface area contributed by atoms with Gasteiger partial charge < -0.3 is 9.47 Å². The lowest BCUT2D eigenvalue weighted by Crippen LogP contribution is -1.94. The highest BCUT2D eigenvalue weighted by Gasteiger charge is 2.17. The number of allylic oxidation sites excluding steroid dienone is 1. The van der Waals surface area contributed by atoms with E-state index >= 15 is 0 Å². The van der Waals surface area contributed by atoms with Crippen molar-refractivity contribution in [2.45, 2.75) is 6.92 Å².